The van der Waals surface area contributed by atoms with Crippen molar-refractivity contribution < 1.29 is 19.8 Å². The first-order chi connectivity index (χ1) is 11.5. The molecule has 0 bridgehead atoms. The molecule has 0 radical (unpaired) electrons. The van der Waals surface area contributed by atoms with Crippen molar-refractivity contribution in [2.75, 3.05) is 0 Å². The van der Waals surface area contributed by atoms with Gasteiger partial charge in [0.1, 0.15) is 0 Å². The summed E-state index contributed by atoms with van der Waals surface area (Å²) in [6.07, 6.45) is 12.2. The molecule has 0 aromatic heterocycles. The first-order valence-corrected chi connectivity index (χ1v) is 9.92. The number of hydrogen-bond acceptors (Lipinski definition) is 2. The Morgan fingerprint density at radius 1 is 0.792 bits per heavy atom. The van der Waals surface area contributed by atoms with Crippen LogP contribution in [0.25, 0.3) is 0 Å². The van der Waals surface area contributed by atoms with Gasteiger partial charge in [-0.3, -0.25) is 9.59 Å². The highest BCUT2D eigenvalue weighted by atomic mass is 16.4. The minimum absolute atomic E-state index is 0.385. The zero-order valence-corrected chi connectivity index (χ0v) is 16.0. The summed E-state index contributed by atoms with van der Waals surface area (Å²) in [5, 5.41) is 19.4. The van der Waals surface area contributed by atoms with Crippen molar-refractivity contribution in [1.82, 2.24) is 0 Å². The predicted octanol–water partition coefficient (Wildman–Crippen LogP) is 5.89. The van der Waals surface area contributed by atoms with Crippen LogP contribution in [-0.2, 0) is 9.59 Å². The van der Waals surface area contributed by atoms with E-state index < -0.39 is 23.3 Å². The number of rotatable bonds is 16. The van der Waals surface area contributed by atoms with Crippen LogP contribution in [0.3, 0.4) is 0 Å². The van der Waals surface area contributed by atoms with Crippen molar-refractivity contribution in [2.45, 2.75) is 104 Å². The predicted molar refractivity (Wildman–Crippen MR) is 98.2 cm³/mol. The van der Waals surface area contributed by atoms with Crippen molar-refractivity contribution in [2.24, 2.45) is 11.3 Å². The van der Waals surface area contributed by atoms with Crippen LogP contribution in [0.1, 0.15) is 104 Å². The summed E-state index contributed by atoms with van der Waals surface area (Å²) in [4.78, 5) is 23.6. The maximum Gasteiger partial charge on any atom is 0.310 e. The molecule has 0 aromatic rings. The second-order valence-electron chi connectivity index (χ2n) is 7.07. The van der Waals surface area contributed by atoms with Crippen LogP contribution in [0.4, 0.5) is 0 Å². The Morgan fingerprint density at radius 3 is 1.71 bits per heavy atom. The molecule has 4 nitrogen and oxygen atoms in total. The molecule has 0 aliphatic rings. The van der Waals surface area contributed by atoms with E-state index in [0.717, 1.165) is 32.1 Å². The molecule has 0 aliphatic heterocycles. The van der Waals surface area contributed by atoms with Gasteiger partial charge in [0.15, 0.2) is 0 Å². The van der Waals surface area contributed by atoms with Gasteiger partial charge in [-0.15, -0.1) is 0 Å². The zero-order chi connectivity index (χ0) is 18.4. The molecule has 2 unspecified atom stereocenters. The van der Waals surface area contributed by atoms with Gasteiger partial charge in [0.05, 0.1) is 11.3 Å². The number of hydrogen-bond donors (Lipinski definition) is 2. The summed E-state index contributed by atoms with van der Waals surface area (Å²) >= 11 is 0. The van der Waals surface area contributed by atoms with Gasteiger partial charge in [-0.2, -0.15) is 0 Å². The minimum atomic E-state index is -1.11. The maximum atomic E-state index is 11.9. The van der Waals surface area contributed by atoms with Crippen LogP contribution in [0.5, 0.6) is 0 Å². The van der Waals surface area contributed by atoms with Crippen LogP contribution in [0.2, 0.25) is 0 Å². The second kappa shape index (κ2) is 13.3. The Balaban J connectivity index is 4.53. The topological polar surface area (TPSA) is 74.6 Å². The van der Waals surface area contributed by atoms with Crippen LogP contribution >= 0.6 is 0 Å². The lowest BCUT2D eigenvalue weighted by Gasteiger charge is -2.34. The highest BCUT2D eigenvalue weighted by molar-refractivity contribution is 5.83. The molecule has 24 heavy (non-hydrogen) atoms. The Hall–Kier alpha value is -1.06. The van der Waals surface area contributed by atoms with E-state index in [1.807, 2.05) is 13.8 Å². The molecule has 0 rings (SSSR count). The number of unbranched alkanes of at least 4 members (excludes halogenated alkanes) is 8. The maximum absolute atomic E-state index is 11.9. The highest BCUT2D eigenvalue weighted by Gasteiger charge is 2.47. The van der Waals surface area contributed by atoms with Crippen LogP contribution in [-0.4, -0.2) is 22.2 Å². The Labute approximate surface area is 148 Å². The third-order valence-corrected chi connectivity index (χ3v) is 5.34. The fraction of sp³-hybridized carbons (Fsp3) is 0.900. The van der Waals surface area contributed by atoms with Gasteiger partial charge < -0.3 is 10.2 Å². The van der Waals surface area contributed by atoms with Crippen molar-refractivity contribution >= 4 is 11.9 Å². The Kier molecular flexibility index (Phi) is 12.7. The third kappa shape index (κ3) is 7.67. The van der Waals surface area contributed by atoms with Crippen LogP contribution < -0.4 is 0 Å². The lowest BCUT2D eigenvalue weighted by Crippen LogP contribution is -2.42. The molecular weight excluding hydrogens is 304 g/mol. The first kappa shape index (κ1) is 22.9. The quantitative estimate of drug-likeness (QED) is 0.343. The van der Waals surface area contributed by atoms with Gasteiger partial charge in [-0.05, 0) is 19.3 Å². The number of aliphatic carboxylic acids is 2. The van der Waals surface area contributed by atoms with Crippen molar-refractivity contribution in [3.8, 4) is 0 Å². The molecular formula is C20H38O4. The van der Waals surface area contributed by atoms with Crippen LogP contribution in [0.15, 0.2) is 0 Å². The SMILES string of the molecule is CCCCCCCCCCC(C(=O)O)C(CC)(CCCC)C(=O)O. The lowest BCUT2D eigenvalue weighted by molar-refractivity contribution is -0.164. The van der Waals surface area contributed by atoms with E-state index in [9.17, 15) is 19.8 Å². The third-order valence-electron chi connectivity index (χ3n) is 5.34. The lowest BCUT2D eigenvalue weighted by atomic mass is 9.68. The molecule has 0 aliphatic carbocycles. The normalized spacial score (nSPS) is 15.0. The van der Waals surface area contributed by atoms with E-state index in [1.54, 1.807) is 0 Å². The van der Waals surface area contributed by atoms with Gasteiger partial charge in [0, 0.05) is 0 Å². The molecule has 4 heteroatoms. The van der Waals surface area contributed by atoms with E-state index >= 15 is 0 Å². The summed E-state index contributed by atoms with van der Waals surface area (Å²) in [5.41, 5.74) is -1.11. The van der Waals surface area contributed by atoms with E-state index in [2.05, 4.69) is 6.92 Å². The molecule has 0 saturated heterocycles. The fourth-order valence-electron chi connectivity index (χ4n) is 3.62. The Morgan fingerprint density at radius 2 is 1.29 bits per heavy atom. The molecule has 0 amide bonds. The smallest absolute Gasteiger partial charge is 0.310 e. The van der Waals surface area contributed by atoms with Gasteiger partial charge in [-0.1, -0.05) is 85.0 Å². The summed E-state index contributed by atoms with van der Waals surface area (Å²) in [7, 11) is 0. The average Bonchev–Trinajstić information content (AvgIpc) is 2.55. The molecule has 0 aromatic carbocycles. The van der Waals surface area contributed by atoms with E-state index in [-0.39, 0.29) is 0 Å². The average molecular weight is 343 g/mol. The molecule has 2 atom stereocenters. The molecule has 0 fully saturated rings. The monoisotopic (exact) mass is 342 g/mol. The van der Waals surface area contributed by atoms with Gasteiger partial charge >= 0.3 is 11.9 Å². The number of carboxylic acids is 2. The first-order valence-electron chi connectivity index (χ1n) is 9.92. The minimum Gasteiger partial charge on any atom is -0.481 e. The van der Waals surface area contributed by atoms with Crippen molar-refractivity contribution in [3.63, 3.8) is 0 Å². The van der Waals surface area contributed by atoms with E-state index in [0.29, 0.717) is 19.3 Å². The Bertz CT molecular complexity index is 354. The van der Waals surface area contributed by atoms with E-state index in [1.165, 1.54) is 32.1 Å². The highest BCUT2D eigenvalue weighted by Crippen LogP contribution is 2.40. The zero-order valence-electron chi connectivity index (χ0n) is 16.0. The molecule has 142 valence electrons. The summed E-state index contributed by atoms with van der Waals surface area (Å²) in [6.45, 7) is 6.02. The number of carbonyl (C=O) groups is 2. The summed E-state index contributed by atoms with van der Waals surface area (Å²) < 4.78 is 0. The molecule has 0 heterocycles. The fourth-order valence-corrected chi connectivity index (χ4v) is 3.62. The van der Waals surface area contributed by atoms with Gasteiger partial charge in [0.2, 0.25) is 0 Å². The van der Waals surface area contributed by atoms with Crippen molar-refractivity contribution in [1.29, 1.82) is 0 Å². The summed E-state index contributed by atoms with van der Waals surface area (Å²) in [5.74, 6) is -2.66. The van der Waals surface area contributed by atoms with Gasteiger partial charge in [0.25, 0.3) is 0 Å². The second-order valence-corrected chi connectivity index (χ2v) is 7.07. The summed E-state index contributed by atoms with van der Waals surface area (Å²) in [6, 6.07) is 0. The van der Waals surface area contributed by atoms with Gasteiger partial charge in [-0.25, -0.2) is 0 Å². The molecule has 2 N–H and O–H groups in total. The standard InChI is InChI=1S/C20H38O4/c1-4-7-9-10-11-12-13-14-15-17(18(21)22)20(6-3,19(23)24)16-8-5-2/h17H,4-16H2,1-3H3,(H,21,22)(H,23,24). The van der Waals surface area contributed by atoms with Crippen LogP contribution in [0, 0.1) is 11.3 Å². The van der Waals surface area contributed by atoms with Crippen molar-refractivity contribution in [3.05, 3.63) is 0 Å². The molecule has 0 spiro atoms. The number of carboxylic acid groups (broad SMARTS) is 2. The van der Waals surface area contributed by atoms with E-state index in [4.69, 9.17) is 0 Å². The molecule has 0 saturated carbocycles. The largest absolute Gasteiger partial charge is 0.481 e.